The summed E-state index contributed by atoms with van der Waals surface area (Å²) in [6.07, 6.45) is 0.371. The molecule has 1 saturated heterocycles. The summed E-state index contributed by atoms with van der Waals surface area (Å²) in [5.74, 6) is -0.691. The van der Waals surface area contributed by atoms with Crippen molar-refractivity contribution in [1.82, 2.24) is 4.90 Å². The molecule has 1 aromatic rings. The summed E-state index contributed by atoms with van der Waals surface area (Å²) in [6, 6.07) is 4.16. The van der Waals surface area contributed by atoms with Crippen LogP contribution in [0.4, 0.5) is 10.1 Å². The molecule has 2 rings (SSSR count). The fourth-order valence-corrected chi connectivity index (χ4v) is 2.48. The first-order valence-electron chi connectivity index (χ1n) is 6.82. The van der Waals surface area contributed by atoms with Crippen LogP contribution in [0.1, 0.15) is 25.8 Å². The second kappa shape index (κ2) is 5.61. The normalized spacial score (nSPS) is 19.4. The number of halogens is 1. The Morgan fingerprint density at radius 3 is 2.75 bits per heavy atom. The lowest BCUT2D eigenvalue weighted by molar-refractivity contribution is -0.140. The number of benzene rings is 1. The van der Waals surface area contributed by atoms with Crippen LogP contribution in [-0.2, 0) is 9.59 Å². The number of amides is 2. The first kappa shape index (κ1) is 14.5. The van der Waals surface area contributed by atoms with Crippen molar-refractivity contribution in [2.75, 3.05) is 18.0 Å². The van der Waals surface area contributed by atoms with Gasteiger partial charge in [0.25, 0.3) is 0 Å². The largest absolute Gasteiger partial charge is 0.329 e. The number of carbonyl (C=O) groups excluding carboxylic acids is 2. The van der Waals surface area contributed by atoms with E-state index >= 15 is 0 Å². The van der Waals surface area contributed by atoms with E-state index in [0.717, 1.165) is 5.56 Å². The van der Waals surface area contributed by atoms with Gasteiger partial charge in [-0.25, -0.2) is 4.39 Å². The van der Waals surface area contributed by atoms with E-state index < -0.39 is 11.9 Å². The quantitative estimate of drug-likeness (QED) is 0.831. The van der Waals surface area contributed by atoms with Crippen LogP contribution in [0, 0.1) is 12.7 Å². The van der Waals surface area contributed by atoms with Crippen LogP contribution in [-0.4, -0.2) is 35.8 Å². The average Bonchev–Trinajstić information content (AvgIpc) is 2.44. The Morgan fingerprint density at radius 1 is 1.40 bits per heavy atom. The highest BCUT2D eigenvalue weighted by molar-refractivity contribution is 6.00. The van der Waals surface area contributed by atoms with Crippen LogP contribution >= 0.6 is 0 Å². The molecule has 20 heavy (non-hydrogen) atoms. The standard InChI is InChI=1S/C15H19FN2O2/c1-4-14(19)17-7-8-18(15(20)11(17)3)13-9-10(2)5-6-12(13)16/h5-6,9,11H,4,7-8H2,1-3H3. The molecule has 0 bridgehead atoms. The predicted octanol–water partition coefficient (Wildman–Crippen LogP) is 2.11. The van der Waals surface area contributed by atoms with Gasteiger partial charge < -0.3 is 9.80 Å². The molecule has 1 unspecified atom stereocenters. The topological polar surface area (TPSA) is 40.6 Å². The molecule has 1 aliphatic heterocycles. The maximum atomic E-state index is 13.9. The van der Waals surface area contributed by atoms with Crippen molar-refractivity contribution >= 4 is 17.5 Å². The van der Waals surface area contributed by atoms with Crippen molar-refractivity contribution in [1.29, 1.82) is 0 Å². The van der Waals surface area contributed by atoms with Crippen molar-refractivity contribution < 1.29 is 14.0 Å². The van der Waals surface area contributed by atoms with E-state index in [0.29, 0.717) is 25.2 Å². The smallest absolute Gasteiger partial charge is 0.249 e. The van der Waals surface area contributed by atoms with Gasteiger partial charge in [-0.15, -0.1) is 0 Å². The van der Waals surface area contributed by atoms with Crippen LogP contribution in [0.2, 0.25) is 0 Å². The predicted molar refractivity (Wildman–Crippen MR) is 75.0 cm³/mol. The van der Waals surface area contributed by atoms with Crippen LogP contribution < -0.4 is 4.90 Å². The zero-order valence-corrected chi connectivity index (χ0v) is 12.0. The van der Waals surface area contributed by atoms with Crippen molar-refractivity contribution in [2.45, 2.75) is 33.2 Å². The van der Waals surface area contributed by atoms with E-state index in [1.807, 2.05) is 6.92 Å². The molecule has 2 amide bonds. The van der Waals surface area contributed by atoms with Gasteiger partial charge in [-0.05, 0) is 31.5 Å². The second-order valence-electron chi connectivity index (χ2n) is 5.06. The molecular formula is C15H19FN2O2. The van der Waals surface area contributed by atoms with Crippen LogP contribution in [0.15, 0.2) is 18.2 Å². The summed E-state index contributed by atoms with van der Waals surface area (Å²) in [7, 11) is 0. The van der Waals surface area contributed by atoms with Gasteiger partial charge in [0.2, 0.25) is 11.8 Å². The third kappa shape index (κ3) is 2.53. The Hall–Kier alpha value is -1.91. The van der Waals surface area contributed by atoms with Crippen molar-refractivity contribution in [3.05, 3.63) is 29.6 Å². The van der Waals surface area contributed by atoms with Crippen molar-refractivity contribution in [3.8, 4) is 0 Å². The molecule has 0 N–H and O–H groups in total. The summed E-state index contributed by atoms with van der Waals surface area (Å²) in [5.41, 5.74) is 1.19. The SMILES string of the molecule is CCC(=O)N1CCN(c2cc(C)ccc2F)C(=O)C1C. The van der Waals surface area contributed by atoms with E-state index in [9.17, 15) is 14.0 Å². The molecule has 108 valence electrons. The van der Waals surface area contributed by atoms with Gasteiger partial charge in [0.15, 0.2) is 0 Å². The zero-order chi connectivity index (χ0) is 14.9. The molecule has 4 nitrogen and oxygen atoms in total. The van der Waals surface area contributed by atoms with Crippen LogP contribution in [0.5, 0.6) is 0 Å². The summed E-state index contributed by atoms with van der Waals surface area (Å²) in [5, 5.41) is 0. The number of aryl methyl sites for hydroxylation is 1. The van der Waals surface area contributed by atoms with Crippen molar-refractivity contribution in [2.24, 2.45) is 0 Å². The Kier molecular flexibility index (Phi) is 4.06. The van der Waals surface area contributed by atoms with Crippen LogP contribution in [0.3, 0.4) is 0 Å². The molecule has 0 saturated carbocycles. The minimum atomic E-state index is -0.545. The Bertz CT molecular complexity index is 545. The molecule has 1 aliphatic rings. The van der Waals surface area contributed by atoms with E-state index in [1.54, 1.807) is 30.9 Å². The highest BCUT2D eigenvalue weighted by Gasteiger charge is 2.35. The molecule has 1 fully saturated rings. The van der Waals surface area contributed by atoms with E-state index in [1.165, 1.54) is 11.0 Å². The molecule has 0 aromatic heterocycles. The highest BCUT2D eigenvalue weighted by Crippen LogP contribution is 2.25. The molecule has 0 spiro atoms. The Balaban J connectivity index is 2.27. The second-order valence-corrected chi connectivity index (χ2v) is 5.06. The number of hydrogen-bond donors (Lipinski definition) is 0. The van der Waals surface area contributed by atoms with Crippen molar-refractivity contribution in [3.63, 3.8) is 0 Å². The molecular weight excluding hydrogens is 259 g/mol. The van der Waals surface area contributed by atoms with E-state index in [2.05, 4.69) is 0 Å². The molecule has 0 radical (unpaired) electrons. The fourth-order valence-electron chi connectivity index (χ4n) is 2.48. The van der Waals surface area contributed by atoms with Gasteiger partial charge in [-0.2, -0.15) is 0 Å². The van der Waals surface area contributed by atoms with Crippen LogP contribution in [0.25, 0.3) is 0 Å². The summed E-state index contributed by atoms with van der Waals surface area (Å²) in [4.78, 5) is 27.2. The lowest BCUT2D eigenvalue weighted by atomic mass is 10.1. The van der Waals surface area contributed by atoms with Gasteiger partial charge in [0.05, 0.1) is 5.69 Å². The Labute approximate surface area is 118 Å². The number of anilines is 1. The molecule has 0 aliphatic carbocycles. The maximum absolute atomic E-state index is 13.9. The zero-order valence-electron chi connectivity index (χ0n) is 12.0. The molecule has 1 aromatic carbocycles. The lowest BCUT2D eigenvalue weighted by Crippen LogP contribution is -2.57. The van der Waals surface area contributed by atoms with Gasteiger partial charge in [-0.1, -0.05) is 13.0 Å². The molecule has 5 heteroatoms. The van der Waals surface area contributed by atoms with E-state index in [4.69, 9.17) is 0 Å². The number of piperazine rings is 1. The van der Waals surface area contributed by atoms with E-state index in [-0.39, 0.29) is 11.8 Å². The minimum Gasteiger partial charge on any atom is -0.329 e. The lowest BCUT2D eigenvalue weighted by Gasteiger charge is -2.39. The molecule has 1 heterocycles. The third-order valence-corrected chi connectivity index (χ3v) is 3.67. The first-order valence-corrected chi connectivity index (χ1v) is 6.82. The minimum absolute atomic E-state index is 0.0461. The number of rotatable bonds is 2. The summed E-state index contributed by atoms with van der Waals surface area (Å²) in [6.45, 7) is 6.08. The number of nitrogens with zero attached hydrogens (tertiary/aromatic N) is 2. The highest BCUT2D eigenvalue weighted by atomic mass is 19.1. The maximum Gasteiger partial charge on any atom is 0.249 e. The Morgan fingerprint density at radius 2 is 2.10 bits per heavy atom. The third-order valence-electron chi connectivity index (χ3n) is 3.67. The summed E-state index contributed by atoms with van der Waals surface area (Å²) < 4.78 is 13.9. The fraction of sp³-hybridized carbons (Fsp3) is 0.467. The van der Waals surface area contributed by atoms with Gasteiger partial charge >= 0.3 is 0 Å². The van der Waals surface area contributed by atoms with Gasteiger partial charge in [-0.3, -0.25) is 9.59 Å². The molecule has 1 atom stereocenters. The number of hydrogen-bond acceptors (Lipinski definition) is 2. The monoisotopic (exact) mass is 278 g/mol. The number of carbonyl (C=O) groups is 2. The summed E-state index contributed by atoms with van der Waals surface area (Å²) >= 11 is 0. The van der Waals surface area contributed by atoms with Gasteiger partial charge in [0, 0.05) is 19.5 Å². The van der Waals surface area contributed by atoms with Gasteiger partial charge in [0.1, 0.15) is 11.9 Å². The average molecular weight is 278 g/mol. The first-order chi connectivity index (χ1) is 9.45.